The zero-order valence-electron chi connectivity index (χ0n) is 12.0. The summed E-state index contributed by atoms with van der Waals surface area (Å²) in [5, 5.41) is 2.99. The topological polar surface area (TPSA) is 38.3 Å². The first-order valence-corrected chi connectivity index (χ1v) is 7.00. The third-order valence-electron chi connectivity index (χ3n) is 3.36. The minimum atomic E-state index is -0.433. The molecular weight excluding hydrogens is 238 g/mol. The molecule has 2 rings (SSSR count). The summed E-state index contributed by atoms with van der Waals surface area (Å²) in [4.78, 5) is 11.8. The van der Waals surface area contributed by atoms with Gasteiger partial charge in [-0.15, -0.1) is 0 Å². The van der Waals surface area contributed by atoms with E-state index in [0.717, 1.165) is 25.7 Å². The molecule has 0 radical (unpaired) electrons. The number of rotatable bonds is 1. The van der Waals surface area contributed by atoms with E-state index in [4.69, 9.17) is 4.74 Å². The average molecular weight is 261 g/mol. The van der Waals surface area contributed by atoms with Crippen molar-refractivity contribution in [3.05, 3.63) is 35.4 Å². The molecule has 1 amide bonds. The predicted molar refractivity (Wildman–Crippen MR) is 76.2 cm³/mol. The quantitative estimate of drug-likeness (QED) is 0.786. The van der Waals surface area contributed by atoms with Gasteiger partial charge in [-0.1, -0.05) is 24.3 Å². The van der Waals surface area contributed by atoms with Crippen LogP contribution in [0, 0.1) is 0 Å². The lowest BCUT2D eigenvalue weighted by Gasteiger charge is -2.22. The fraction of sp³-hybridized carbons (Fsp3) is 0.562. The zero-order valence-corrected chi connectivity index (χ0v) is 12.0. The second-order valence-electron chi connectivity index (χ2n) is 6.19. The molecule has 3 heteroatoms. The lowest BCUT2D eigenvalue weighted by atomic mass is 10.0. The Labute approximate surface area is 115 Å². The minimum absolute atomic E-state index is 0.210. The molecule has 1 aromatic carbocycles. The van der Waals surface area contributed by atoms with E-state index in [0.29, 0.717) is 0 Å². The van der Waals surface area contributed by atoms with Crippen molar-refractivity contribution < 1.29 is 9.53 Å². The molecule has 1 aliphatic rings. The van der Waals surface area contributed by atoms with Gasteiger partial charge in [0.2, 0.25) is 0 Å². The van der Waals surface area contributed by atoms with Gasteiger partial charge in [-0.2, -0.15) is 0 Å². The third-order valence-corrected chi connectivity index (χ3v) is 3.36. The molecule has 1 aromatic rings. The van der Waals surface area contributed by atoms with E-state index in [-0.39, 0.29) is 12.1 Å². The van der Waals surface area contributed by atoms with E-state index in [1.54, 1.807) is 0 Å². The smallest absolute Gasteiger partial charge is 0.407 e. The molecule has 104 valence electrons. The van der Waals surface area contributed by atoms with Crippen LogP contribution in [0.4, 0.5) is 4.79 Å². The van der Waals surface area contributed by atoms with Crippen molar-refractivity contribution in [3.63, 3.8) is 0 Å². The summed E-state index contributed by atoms with van der Waals surface area (Å²) in [6, 6.07) is 8.75. The molecule has 0 aromatic heterocycles. The van der Waals surface area contributed by atoms with Gasteiger partial charge in [0.15, 0.2) is 0 Å². The molecule has 0 heterocycles. The third kappa shape index (κ3) is 4.27. The highest BCUT2D eigenvalue weighted by Crippen LogP contribution is 2.20. The molecule has 3 nitrogen and oxygen atoms in total. The number of alkyl carbamates (subject to hydrolysis) is 1. The first-order valence-electron chi connectivity index (χ1n) is 7.00. The van der Waals surface area contributed by atoms with Gasteiger partial charge < -0.3 is 10.1 Å². The standard InChI is InChI=1S/C16H23NO2/c1-16(2,3)19-15(18)17-14-10-8-12-6-4-5-7-13(12)9-11-14/h4-7,14H,8-11H2,1-3H3,(H,17,18). The highest BCUT2D eigenvalue weighted by molar-refractivity contribution is 5.68. The maximum atomic E-state index is 11.8. The molecule has 0 atom stereocenters. The number of ether oxygens (including phenoxy) is 1. The second kappa shape index (κ2) is 5.64. The SMILES string of the molecule is CC(C)(C)OC(=O)NC1CCc2ccccc2CC1. The minimum Gasteiger partial charge on any atom is -0.444 e. The summed E-state index contributed by atoms with van der Waals surface area (Å²) >= 11 is 0. The van der Waals surface area contributed by atoms with Crippen LogP contribution in [0.3, 0.4) is 0 Å². The number of benzene rings is 1. The maximum absolute atomic E-state index is 11.8. The average Bonchev–Trinajstić information content (AvgIpc) is 2.50. The van der Waals surface area contributed by atoms with Crippen molar-refractivity contribution >= 4 is 6.09 Å². The summed E-state index contributed by atoms with van der Waals surface area (Å²) in [5.74, 6) is 0. The van der Waals surface area contributed by atoms with E-state index in [2.05, 4.69) is 29.6 Å². The molecule has 1 aliphatic carbocycles. The molecule has 0 saturated carbocycles. The monoisotopic (exact) mass is 261 g/mol. The van der Waals surface area contributed by atoms with Crippen molar-refractivity contribution in [3.8, 4) is 0 Å². The number of amides is 1. The zero-order chi connectivity index (χ0) is 13.9. The summed E-state index contributed by atoms with van der Waals surface area (Å²) in [6.45, 7) is 5.65. The normalized spacial score (nSPS) is 16.4. The van der Waals surface area contributed by atoms with E-state index in [9.17, 15) is 4.79 Å². The van der Waals surface area contributed by atoms with Crippen molar-refractivity contribution in [1.29, 1.82) is 0 Å². The largest absolute Gasteiger partial charge is 0.444 e. The number of nitrogens with one attached hydrogen (secondary N) is 1. The van der Waals surface area contributed by atoms with Gasteiger partial charge in [0, 0.05) is 6.04 Å². The van der Waals surface area contributed by atoms with Crippen LogP contribution in [-0.2, 0) is 17.6 Å². The molecular formula is C16H23NO2. The van der Waals surface area contributed by atoms with Crippen LogP contribution in [0.5, 0.6) is 0 Å². The predicted octanol–water partition coefficient (Wildman–Crippen LogP) is 3.46. The molecule has 0 aliphatic heterocycles. The molecule has 0 saturated heterocycles. The molecule has 0 unspecified atom stereocenters. The van der Waals surface area contributed by atoms with Crippen LogP contribution in [0.15, 0.2) is 24.3 Å². The second-order valence-corrected chi connectivity index (χ2v) is 6.19. The summed E-state index contributed by atoms with van der Waals surface area (Å²) in [6.07, 6.45) is 3.71. The Morgan fingerprint density at radius 3 is 2.16 bits per heavy atom. The Bertz CT molecular complexity index is 421. The molecule has 1 N–H and O–H groups in total. The van der Waals surface area contributed by atoms with Gasteiger partial charge in [-0.05, 0) is 57.6 Å². The van der Waals surface area contributed by atoms with Gasteiger partial charge >= 0.3 is 6.09 Å². The van der Waals surface area contributed by atoms with Crippen molar-refractivity contribution in [2.24, 2.45) is 0 Å². The van der Waals surface area contributed by atoms with E-state index < -0.39 is 5.60 Å². The first kappa shape index (κ1) is 13.9. The summed E-state index contributed by atoms with van der Waals surface area (Å²) < 4.78 is 5.31. The van der Waals surface area contributed by atoms with Gasteiger partial charge in [0.1, 0.15) is 5.60 Å². The summed E-state index contributed by atoms with van der Waals surface area (Å²) in [5.41, 5.74) is 2.39. The molecule has 0 bridgehead atoms. The van der Waals surface area contributed by atoms with Crippen LogP contribution in [0.2, 0.25) is 0 Å². The van der Waals surface area contributed by atoms with Gasteiger partial charge in [0.25, 0.3) is 0 Å². The Kier molecular flexibility index (Phi) is 4.13. The van der Waals surface area contributed by atoms with E-state index >= 15 is 0 Å². The number of carbonyl (C=O) groups is 1. The molecule has 19 heavy (non-hydrogen) atoms. The fourth-order valence-corrected chi connectivity index (χ4v) is 2.47. The number of hydrogen-bond acceptors (Lipinski definition) is 2. The maximum Gasteiger partial charge on any atom is 0.407 e. The van der Waals surface area contributed by atoms with Crippen LogP contribution in [-0.4, -0.2) is 17.7 Å². The highest BCUT2D eigenvalue weighted by Gasteiger charge is 2.21. The fourth-order valence-electron chi connectivity index (χ4n) is 2.47. The van der Waals surface area contributed by atoms with E-state index in [1.807, 2.05) is 20.8 Å². The number of carbonyl (C=O) groups excluding carboxylic acids is 1. The van der Waals surface area contributed by atoms with Gasteiger partial charge in [-0.25, -0.2) is 4.79 Å². The highest BCUT2D eigenvalue weighted by atomic mass is 16.6. The Morgan fingerprint density at radius 2 is 1.68 bits per heavy atom. The van der Waals surface area contributed by atoms with E-state index in [1.165, 1.54) is 11.1 Å². The van der Waals surface area contributed by atoms with Crippen LogP contribution in [0.25, 0.3) is 0 Å². The number of hydrogen-bond donors (Lipinski definition) is 1. The first-order chi connectivity index (χ1) is 8.94. The number of aryl methyl sites for hydroxylation is 2. The lowest BCUT2D eigenvalue weighted by molar-refractivity contribution is 0.0500. The van der Waals surface area contributed by atoms with Crippen LogP contribution < -0.4 is 5.32 Å². The van der Waals surface area contributed by atoms with Crippen molar-refractivity contribution in [2.75, 3.05) is 0 Å². The van der Waals surface area contributed by atoms with Gasteiger partial charge in [0.05, 0.1) is 0 Å². The van der Waals surface area contributed by atoms with Crippen molar-refractivity contribution in [1.82, 2.24) is 5.32 Å². The Hall–Kier alpha value is -1.51. The number of fused-ring (bicyclic) bond motifs is 1. The Balaban J connectivity index is 1.90. The van der Waals surface area contributed by atoms with Crippen LogP contribution in [0.1, 0.15) is 44.7 Å². The molecule has 0 spiro atoms. The lowest BCUT2D eigenvalue weighted by Crippen LogP contribution is -2.39. The van der Waals surface area contributed by atoms with Gasteiger partial charge in [-0.3, -0.25) is 0 Å². The Morgan fingerprint density at radius 1 is 1.16 bits per heavy atom. The summed E-state index contributed by atoms with van der Waals surface area (Å²) in [7, 11) is 0. The van der Waals surface area contributed by atoms with Crippen LogP contribution >= 0.6 is 0 Å². The molecule has 0 fully saturated rings. The van der Waals surface area contributed by atoms with Crippen molar-refractivity contribution in [2.45, 2.75) is 58.1 Å².